The van der Waals surface area contributed by atoms with Crippen molar-refractivity contribution in [2.24, 2.45) is 5.92 Å². The van der Waals surface area contributed by atoms with Crippen LogP contribution >= 0.6 is 11.6 Å². The third kappa shape index (κ3) is 5.42. The van der Waals surface area contributed by atoms with Crippen LogP contribution in [0.5, 0.6) is 5.75 Å². The van der Waals surface area contributed by atoms with Gasteiger partial charge in [-0.3, -0.25) is 9.35 Å². The van der Waals surface area contributed by atoms with Gasteiger partial charge in [-0.2, -0.15) is 8.42 Å². The van der Waals surface area contributed by atoms with E-state index in [2.05, 4.69) is 0 Å². The number of phenolic OH excluding ortho intramolecular Hbond substituents is 1. The smallest absolute Gasteiger partial charge is 0.295 e. The number of β-lactam (4-membered cyclic amide) rings is 1. The van der Waals surface area contributed by atoms with Gasteiger partial charge in [0.2, 0.25) is 5.91 Å². The molecule has 7 nitrogen and oxygen atoms in total. The summed E-state index contributed by atoms with van der Waals surface area (Å²) in [6.07, 6.45) is -0.0735. The molecule has 0 radical (unpaired) electrons. The Hall–Kier alpha value is -3.69. The minimum atomic E-state index is -4.48. The second-order valence-electron chi connectivity index (χ2n) is 9.48. The normalized spacial score (nSPS) is 18.0. The molecule has 1 amide bonds. The third-order valence-corrected chi connectivity index (χ3v) is 8.24. The summed E-state index contributed by atoms with van der Waals surface area (Å²) in [5.41, 5.74) is 2.53. The summed E-state index contributed by atoms with van der Waals surface area (Å²) in [7, 11) is -4.48. The largest absolute Gasteiger partial charge is 0.508 e. The Labute approximate surface area is 231 Å². The highest BCUT2D eigenvalue weighted by Gasteiger charge is 2.49. The molecule has 1 heterocycles. The first-order valence-electron chi connectivity index (χ1n) is 12.4. The van der Waals surface area contributed by atoms with Crippen molar-refractivity contribution in [2.45, 2.75) is 29.9 Å². The van der Waals surface area contributed by atoms with Crippen LogP contribution in [0.4, 0.5) is 5.69 Å². The topological polar surface area (TPSA) is 115 Å². The van der Waals surface area contributed by atoms with Gasteiger partial charge >= 0.3 is 0 Å². The average Bonchev–Trinajstić information content (AvgIpc) is 2.92. The standard InChI is InChI=1S/C30H26ClNO6S/c31-21-13-10-19(11-14-21)26(33)17-16-25-29(32(30(25)35)22-6-2-1-3-7-22)24-15-12-20(18-27(24)34)23-8-4-5-9-28(23)39(36,37)38/h1-15,18,25-26,29,33-34H,16-17H2,(H,36,37,38)/t25-,26+,29-/m1/s1. The number of hydrogen-bond acceptors (Lipinski definition) is 5. The minimum Gasteiger partial charge on any atom is -0.508 e. The second-order valence-corrected chi connectivity index (χ2v) is 11.3. The molecule has 0 bridgehead atoms. The van der Waals surface area contributed by atoms with Gasteiger partial charge in [0.05, 0.1) is 18.1 Å². The Morgan fingerprint density at radius 1 is 0.897 bits per heavy atom. The molecule has 9 heteroatoms. The number of para-hydroxylation sites is 1. The van der Waals surface area contributed by atoms with Crippen molar-refractivity contribution in [3.63, 3.8) is 0 Å². The van der Waals surface area contributed by atoms with E-state index in [9.17, 15) is 28.0 Å². The van der Waals surface area contributed by atoms with Gasteiger partial charge in [-0.25, -0.2) is 0 Å². The molecule has 0 aliphatic carbocycles. The summed E-state index contributed by atoms with van der Waals surface area (Å²) < 4.78 is 33.4. The van der Waals surface area contributed by atoms with Gasteiger partial charge in [0, 0.05) is 21.8 Å². The molecule has 0 aromatic heterocycles. The molecule has 5 rings (SSSR count). The van der Waals surface area contributed by atoms with Gasteiger partial charge in [-0.05, 0) is 60.4 Å². The van der Waals surface area contributed by atoms with Crippen molar-refractivity contribution < 1.29 is 28.0 Å². The summed E-state index contributed by atoms with van der Waals surface area (Å²) in [6, 6.07) is 26.3. The number of aliphatic hydroxyl groups is 1. The molecule has 4 aromatic carbocycles. The number of halogens is 1. The summed E-state index contributed by atoms with van der Waals surface area (Å²) >= 11 is 5.95. The predicted octanol–water partition coefficient (Wildman–Crippen LogP) is 6.18. The first-order valence-corrected chi connectivity index (χ1v) is 14.2. The molecule has 200 valence electrons. The Bertz CT molecular complexity index is 1610. The lowest BCUT2D eigenvalue weighted by Crippen LogP contribution is -2.55. The van der Waals surface area contributed by atoms with Crippen molar-refractivity contribution in [2.75, 3.05) is 4.90 Å². The Kier molecular flexibility index (Phi) is 7.46. The lowest BCUT2D eigenvalue weighted by Gasteiger charge is -2.48. The fraction of sp³-hybridized carbons (Fsp3) is 0.167. The van der Waals surface area contributed by atoms with Crippen LogP contribution in [0.1, 0.15) is 36.1 Å². The van der Waals surface area contributed by atoms with E-state index in [0.717, 1.165) is 0 Å². The molecule has 39 heavy (non-hydrogen) atoms. The second kappa shape index (κ2) is 10.8. The van der Waals surface area contributed by atoms with Crippen LogP contribution in [0, 0.1) is 5.92 Å². The number of amides is 1. The van der Waals surface area contributed by atoms with Crippen molar-refractivity contribution in [3.8, 4) is 16.9 Å². The molecule has 4 aromatic rings. The average molecular weight is 564 g/mol. The highest BCUT2D eigenvalue weighted by molar-refractivity contribution is 7.86. The van der Waals surface area contributed by atoms with E-state index in [1.54, 1.807) is 53.4 Å². The van der Waals surface area contributed by atoms with Gasteiger partial charge in [0.25, 0.3) is 10.1 Å². The first-order chi connectivity index (χ1) is 18.6. The van der Waals surface area contributed by atoms with E-state index in [1.807, 2.05) is 30.3 Å². The van der Waals surface area contributed by atoms with E-state index < -0.39 is 28.2 Å². The maximum atomic E-state index is 13.3. The van der Waals surface area contributed by atoms with Gasteiger partial charge in [0.15, 0.2) is 0 Å². The number of benzene rings is 4. The zero-order valence-electron chi connectivity index (χ0n) is 20.7. The number of hydrogen-bond donors (Lipinski definition) is 3. The lowest BCUT2D eigenvalue weighted by atomic mass is 9.77. The van der Waals surface area contributed by atoms with Gasteiger partial charge in [0.1, 0.15) is 10.6 Å². The zero-order chi connectivity index (χ0) is 27.7. The highest BCUT2D eigenvalue weighted by Crippen LogP contribution is 2.49. The Morgan fingerprint density at radius 3 is 2.23 bits per heavy atom. The molecule has 0 unspecified atom stereocenters. The Morgan fingerprint density at radius 2 is 1.56 bits per heavy atom. The molecular formula is C30H26ClNO6S. The number of carbonyl (C=O) groups is 1. The van der Waals surface area contributed by atoms with Crippen molar-refractivity contribution in [3.05, 3.63) is 113 Å². The van der Waals surface area contributed by atoms with Crippen LogP contribution in [0.25, 0.3) is 11.1 Å². The van der Waals surface area contributed by atoms with Crippen molar-refractivity contribution in [1.82, 2.24) is 0 Å². The third-order valence-electron chi connectivity index (χ3n) is 7.08. The van der Waals surface area contributed by atoms with Crippen LogP contribution in [0.3, 0.4) is 0 Å². The van der Waals surface area contributed by atoms with Crippen LogP contribution in [-0.4, -0.2) is 29.1 Å². The van der Waals surface area contributed by atoms with E-state index >= 15 is 0 Å². The number of carbonyl (C=O) groups excluding carboxylic acids is 1. The molecule has 0 saturated carbocycles. The molecule has 1 aliphatic heterocycles. The summed E-state index contributed by atoms with van der Waals surface area (Å²) in [5.74, 6) is -0.719. The number of rotatable bonds is 8. The molecule has 3 atom stereocenters. The van der Waals surface area contributed by atoms with E-state index in [1.165, 1.54) is 18.2 Å². The number of aliphatic hydroxyl groups excluding tert-OH is 1. The maximum absolute atomic E-state index is 13.3. The molecule has 0 spiro atoms. The van der Waals surface area contributed by atoms with Crippen LogP contribution in [0.15, 0.2) is 102 Å². The maximum Gasteiger partial charge on any atom is 0.295 e. The minimum absolute atomic E-state index is 0.112. The number of anilines is 1. The van der Waals surface area contributed by atoms with Crippen molar-refractivity contribution >= 4 is 33.3 Å². The fourth-order valence-electron chi connectivity index (χ4n) is 5.14. The van der Waals surface area contributed by atoms with Gasteiger partial charge in [-0.1, -0.05) is 72.3 Å². The predicted molar refractivity (Wildman–Crippen MR) is 149 cm³/mol. The first kappa shape index (κ1) is 26.9. The molecule has 1 aliphatic rings. The summed E-state index contributed by atoms with van der Waals surface area (Å²) in [5, 5.41) is 22.4. The molecule has 3 N–H and O–H groups in total. The summed E-state index contributed by atoms with van der Waals surface area (Å²) in [4.78, 5) is 14.7. The van der Waals surface area contributed by atoms with E-state index in [4.69, 9.17) is 11.6 Å². The van der Waals surface area contributed by atoms with Crippen molar-refractivity contribution in [1.29, 1.82) is 0 Å². The van der Waals surface area contributed by atoms with Crippen LogP contribution in [0.2, 0.25) is 5.02 Å². The monoisotopic (exact) mass is 563 g/mol. The quantitative estimate of drug-likeness (QED) is 0.174. The lowest BCUT2D eigenvalue weighted by molar-refractivity contribution is -0.131. The van der Waals surface area contributed by atoms with Crippen LogP contribution in [-0.2, 0) is 14.9 Å². The SMILES string of the molecule is O=C1[C@H](CC[C@H](O)c2ccc(Cl)cc2)[C@@H](c2ccc(-c3ccccc3S(=O)(=O)O)cc2O)N1c1ccccc1. The Balaban J connectivity index is 1.47. The number of phenols is 1. The highest BCUT2D eigenvalue weighted by atomic mass is 35.5. The molecule has 1 fully saturated rings. The number of aromatic hydroxyl groups is 1. The molecule has 1 saturated heterocycles. The van der Waals surface area contributed by atoms with Gasteiger partial charge in [-0.15, -0.1) is 0 Å². The summed E-state index contributed by atoms with van der Waals surface area (Å²) in [6.45, 7) is 0. The van der Waals surface area contributed by atoms with E-state index in [0.29, 0.717) is 40.2 Å². The van der Waals surface area contributed by atoms with E-state index in [-0.39, 0.29) is 22.1 Å². The zero-order valence-corrected chi connectivity index (χ0v) is 22.3. The van der Waals surface area contributed by atoms with Crippen LogP contribution < -0.4 is 4.90 Å². The fourth-order valence-corrected chi connectivity index (χ4v) is 5.98. The number of nitrogens with zero attached hydrogens (tertiary/aromatic N) is 1. The molecular weight excluding hydrogens is 538 g/mol. The van der Waals surface area contributed by atoms with Gasteiger partial charge < -0.3 is 15.1 Å².